The molecule has 4 heteroatoms. The Morgan fingerprint density at radius 1 is 1.17 bits per heavy atom. The van der Waals surface area contributed by atoms with Crippen molar-refractivity contribution in [2.45, 2.75) is 10.7 Å². The molecule has 0 aliphatic carbocycles. The quantitative estimate of drug-likeness (QED) is 0.424. The Bertz CT molecular complexity index is 21.0. The summed E-state index contributed by atoms with van der Waals surface area (Å²) >= 11 is 15.2. The lowest BCUT2D eigenvalue weighted by Crippen LogP contribution is -3.00. The predicted molar refractivity (Wildman–Crippen MR) is 26.0 cm³/mol. The van der Waals surface area contributed by atoms with E-state index in [2.05, 4.69) is 0 Å². The molecule has 0 aromatic rings. The third-order valence-electron chi connectivity index (χ3n) is 0. The van der Waals surface area contributed by atoms with Crippen molar-refractivity contribution in [3.8, 4) is 0 Å². The summed E-state index contributed by atoms with van der Waals surface area (Å²) in [6.07, 6.45) is 0. The lowest BCUT2D eigenvalue weighted by Gasteiger charge is -1.94. The van der Waals surface area contributed by atoms with E-state index in [9.17, 15) is 0 Å². The summed E-state index contributed by atoms with van der Waals surface area (Å²) in [5.74, 6) is 0. The van der Waals surface area contributed by atoms with Gasteiger partial charge in [-0.1, -0.05) is 34.8 Å². The van der Waals surface area contributed by atoms with Crippen LogP contribution in [0.15, 0.2) is 0 Å². The van der Waals surface area contributed by atoms with Gasteiger partial charge < -0.3 is 12.4 Å². The fourth-order valence-corrected chi connectivity index (χ4v) is 0. The first-order valence-corrected chi connectivity index (χ1v) is 2.20. The second-order valence-electron chi connectivity index (χ2n) is 0.781. The molecule has 0 saturated heterocycles. The van der Waals surface area contributed by atoms with Gasteiger partial charge in [0, 0.05) is 0 Å². The van der Waals surface area contributed by atoms with Crippen molar-refractivity contribution >= 4 is 34.8 Å². The van der Waals surface area contributed by atoms with Crippen molar-refractivity contribution in [3.05, 3.63) is 0 Å². The molecule has 0 aromatic heterocycles. The number of rotatable bonds is 0. The summed E-state index contributed by atoms with van der Waals surface area (Å²) < 4.78 is -1.08. The van der Waals surface area contributed by atoms with Gasteiger partial charge in [0.25, 0.3) is 0 Å². The molecule has 0 saturated carbocycles. The number of hydrogen-bond donors (Lipinski definition) is 0. The Hall–Kier alpha value is 1.16. The molecular weight excluding hydrogens is 166 g/mol. The van der Waals surface area contributed by atoms with Crippen LogP contribution < -0.4 is 12.4 Å². The molecule has 0 fully saturated rings. The standard InChI is InChI=1S/C2H3Cl3.ClH/c1-2(3,4)5;/h1H3;1H/p-1. The molecule has 0 atom stereocenters. The third kappa shape index (κ3) is 66.4. The maximum Gasteiger partial charge on any atom is 0.187 e. The Balaban J connectivity index is 0. The number of hydrogen-bond acceptors (Lipinski definition) is 0. The molecular formula is C2H3Cl4-. The molecule has 0 rings (SSSR count). The van der Waals surface area contributed by atoms with Crippen molar-refractivity contribution < 1.29 is 12.4 Å². The summed E-state index contributed by atoms with van der Waals surface area (Å²) in [6, 6.07) is 0. The van der Waals surface area contributed by atoms with Crippen LogP contribution in [-0.4, -0.2) is 3.79 Å². The molecule has 6 heavy (non-hydrogen) atoms. The maximum atomic E-state index is 5.06. The molecule has 0 aromatic carbocycles. The lowest BCUT2D eigenvalue weighted by atomic mass is 10.9. The monoisotopic (exact) mass is 167 g/mol. The van der Waals surface area contributed by atoms with Gasteiger partial charge in [0.15, 0.2) is 3.79 Å². The van der Waals surface area contributed by atoms with Crippen LogP contribution in [0.4, 0.5) is 0 Å². The van der Waals surface area contributed by atoms with E-state index in [0.29, 0.717) is 0 Å². The maximum absolute atomic E-state index is 5.06. The van der Waals surface area contributed by atoms with Gasteiger partial charge >= 0.3 is 0 Å². The second kappa shape index (κ2) is 3.20. The molecule has 0 amide bonds. The first-order chi connectivity index (χ1) is 2.00. The number of alkyl halides is 3. The first kappa shape index (κ1) is 10.2. The van der Waals surface area contributed by atoms with Gasteiger partial charge in [0.05, 0.1) is 0 Å². The van der Waals surface area contributed by atoms with Crippen molar-refractivity contribution in [3.63, 3.8) is 0 Å². The van der Waals surface area contributed by atoms with Crippen molar-refractivity contribution in [1.29, 1.82) is 0 Å². The van der Waals surface area contributed by atoms with Crippen LogP contribution in [0.5, 0.6) is 0 Å². The van der Waals surface area contributed by atoms with Crippen LogP contribution in [0, 0.1) is 0 Å². The van der Waals surface area contributed by atoms with E-state index in [-0.39, 0.29) is 12.4 Å². The normalized spacial score (nSPS) is 10.0. The predicted octanol–water partition coefficient (Wildman–Crippen LogP) is -0.619. The minimum absolute atomic E-state index is 0. The summed E-state index contributed by atoms with van der Waals surface area (Å²) in [5, 5.41) is 0. The van der Waals surface area contributed by atoms with Crippen molar-refractivity contribution in [2.75, 3.05) is 0 Å². The average molecular weight is 169 g/mol. The van der Waals surface area contributed by atoms with Crippen LogP contribution in [0.25, 0.3) is 0 Å². The molecule has 0 aliphatic rings. The van der Waals surface area contributed by atoms with Gasteiger partial charge in [-0.05, 0) is 6.92 Å². The van der Waals surface area contributed by atoms with Crippen LogP contribution >= 0.6 is 34.8 Å². The fraction of sp³-hybridized carbons (Fsp3) is 1.00. The van der Waals surface area contributed by atoms with E-state index in [1.807, 2.05) is 0 Å². The minimum atomic E-state index is -1.08. The Labute approximate surface area is 58.2 Å². The van der Waals surface area contributed by atoms with Gasteiger partial charge in [0.2, 0.25) is 0 Å². The molecule has 0 unspecified atom stereocenters. The zero-order valence-electron chi connectivity index (χ0n) is 3.01. The summed E-state index contributed by atoms with van der Waals surface area (Å²) in [4.78, 5) is 0. The minimum Gasteiger partial charge on any atom is -1.00 e. The molecule has 0 bridgehead atoms. The molecule has 0 spiro atoms. The third-order valence-corrected chi connectivity index (χ3v) is 0. The van der Waals surface area contributed by atoms with Crippen molar-refractivity contribution in [2.24, 2.45) is 0 Å². The smallest absolute Gasteiger partial charge is 0.187 e. The van der Waals surface area contributed by atoms with Gasteiger partial charge in [-0.3, -0.25) is 0 Å². The van der Waals surface area contributed by atoms with Crippen LogP contribution in [0.2, 0.25) is 0 Å². The Morgan fingerprint density at radius 3 is 1.17 bits per heavy atom. The van der Waals surface area contributed by atoms with Crippen LogP contribution in [-0.2, 0) is 0 Å². The second-order valence-corrected chi connectivity index (χ2v) is 3.63. The highest BCUT2D eigenvalue weighted by molar-refractivity contribution is 6.67. The Morgan fingerprint density at radius 2 is 1.17 bits per heavy atom. The average Bonchev–Trinajstić information content (AvgIpc) is 0.722. The molecule has 0 nitrogen and oxygen atoms in total. The van der Waals surface area contributed by atoms with Gasteiger partial charge in [0.1, 0.15) is 0 Å². The van der Waals surface area contributed by atoms with E-state index in [4.69, 9.17) is 34.8 Å². The highest BCUT2D eigenvalue weighted by Gasteiger charge is 2.07. The highest BCUT2D eigenvalue weighted by Crippen LogP contribution is 2.23. The molecule has 0 aliphatic heterocycles. The van der Waals surface area contributed by atoms with Crippen molar-refractivity contribution in [1.82, 2.24) is 0 Å². The van der Waals surface area contributed by atoms with E-state index >= 15 is 0 Å². The summed E-state index contributed by atoms with van der Waals surface area (Å²) in [6.45, 7) is 1.48. The summed E-state index contributed by atoms with van der Waals surface area (Å²) in [7, 11) is 0. The SMILES string of the molecule is CC(Cl)(Cl)Cl.[Cl-]. The van der Waals surface area contributed by atoms with Crippen LogP contribution in [0.3, 0.4) is 0 Å². The fourth-order valence-electron chi connectivity index (χ4n) is 0. The van der Waals surface area contributed by atoms with E-state index < -0.39 is 3.79 Å². The van der Waals surface area contributed by atoms with Gasteiger partial charge in [-0.15, -0.1) is 0 Å². The topological polar surface area (TPSA) is 0 Å². The number of halogens is 4. The molecule has 0 radical (unpaired) electrons. The lowest BCUT2D eigenvalue weighted by molar-refractivity contribution is -0.000000916. The van der Waals surface area contributed by atoms with E-state index in [1.54, 1.807) is 0 Å². The van der Waals surface area contributed by atoms with E-state index in [0.717, 1.165) is 0 Å². The van der Waals surface area contributed by atoms with Crippen LogP contribution in [0.1, 0.15) is 6.92 Å². The molecule has 0 N–H and O–H groups in total. The summed E-state index contributed by atoms with van der Waals surface area (Å²) in [5.41, 5.74) is 0. The Kier molecular flexibility index (Phi) is 5.44. The highest BCUT2D eigenvalue weighted by atomic mass is 35.6. The molecule has 0 heterocycles. The van der Waals surface area contributed by atoms with Gasteiger partial charge in [-0.2, -0.15) is 0 Å². The van der Waals surface area contributed by atoms with Gasteiger partial charge in [-0.25, -0.2) is 0 Å². The van der Waals surface area contributed by atoms with E-state index in [1.165, 1.54) is 6.92 Å². The zero-order valence-corrected chi connectivity index (χ0v) is 6.04. The first-order valence-electron chi connectivity index (χ1n) is 1.07. The largest absolute Gasteiger partial charge is 1.00 e. The zero-order chi connectivity index (χ0) is 4.50. The molecule has 40 valence electrons.